The van der Waals surface area contributed by atoms with Gasteiger partial charge in [0.15, 0.2) is 5.82 Å². The molecule has 0 saturated carbocycles. The van der Waals surface area contributed by atoms with Crippen LogP contribution in [0.1, 0.15) is 36.2 Å². The smallest absolute Gasteiger partial charge is 0.225 e. The van der Waals surface area contributed by atoms with E-state index in [2.05, 4.69) is 24.8 Å². The second kappa shape index (κ2) is 7.41. The maximum atomic E-state index is 5.88. The van der Waals surface area contributed by atoms with Crippen LogP contribution in [0.3, 0.4) is 0 Å². The summed E-state index contributed by atoms with van der Waals surface area (Å²) in [6, 6.07) is 3.91. The van der Waals surface area contributed by atoms with E-state index < -0.39 is 0 Å². The summed E-state index contributed by atoms with van der Waals surface area (Å²) in [5.74, 6) is 1.63. The zero-order valence-corrected chi connectivity index (χ0v) is 14.6. The van der Waals surface area contributed by atoms with Crippen LogP contribution in [0.25, 0.3) is 0 Å². The Hall–Kier alpha value is -2.12. The summed E-state index contributed by atoms with van der Waals surface area (Å²) in [6.45, 7) is 7.27. The van der Waals surface area contributed by atoms with E-state index >= 15 is 0 Å². The van der Waals surface area contributed by atoms with Gasteiger partial charge in [-0.1, -0.05) is 0 Å². The van der Waals surface area contributed by atoms with E-state index in [1.807, 2.05) is 25.3 Å². The molecule has 25 heavy (non-hydrogen) atoms. The van der Waals surface area contributed by atoms with Crippen LogP contribution >= 0.6 is 0 Å². The molecule has 0 N–H and O–H groups in total. The van der Waals surface area contributed by atoms with Crippen molar-refractivity contribution in [3.63, 3.8) is 0 Å². The number of rotatable bonds is 4. The largest absolute Gasteiger partial charge is 0.368 e. The summed E-state index contributed by atoms with van der Waals surface area (Å²) in [7, 11) is 0. The fraction of sp³-hybridized carbons (Fsp3) is 0.556. The van der Waals surface area contributed by atoms with Crippen LogP contribution in [0.2, 0.25) is 0 Å². The van der Waals surface area contributed by atoms with E-state index in [0.717, 1.165) is 55.9 Å². The average molecular weight is 340 g/mol. The predicted molar refractivity (Wildman–Crippen MR) is 94.2 cm³/mol. The highest BCUT2D eigenvalue weighted by atomic mass is 16.5. The molecule has 2 aromatic heterocycles. The van der Waals surface area contributed by atoms with Gasteiger partial charge in [-0.25, -0.2) is 19.9 Å². The summed E-state index contributed by atoms with van der Waals surface area (Å²) in [5.41, 5.74) is 2.03. The van der Waals surface area contributed by atoms with Gasteiger partial charge in [-0.15, -0.1) is 0 Å². The van der Waals surface area contributed by atoms with Crippen molar-refractivity contribution in [2.75, 3.05) is 37.7 Å². The molecule has 0 amide bonds. The summed E-state index contributed by atoms with van der Waals surface area (Å²) in [6.07, 6.45) is 6.06. The van der Waals surface area contributed by atoms with Crippen LogP contribution in [-0.4, -0.2) is 57.6 Å². The number of ether oxygens (including phenoxy) is 1. The lowest BCUT2D eigenvalue weighted by atomic mass is 10.2. The Balaban J connectivity index is 1.43. The van der Waals surface area contributed by atoms with Crippen molar-refractivity contribution in [2.24, 2.45) is 0 Å². The zero-order valence-electron chi connectivity index (χ0n) is 14.6. The maximum Gasteiger partial charge on any atom is 0.225 e. The fourth-order valence-corrected chi connectivity index (χ4v) is 3.40. The Morgan fingerprint density at radius 2 is 1.92 bits per heavy atom. The van der Waals surface area contributed by atoms with Crippen molar-refractivity contribution in [1.82, 2.24) is 24.8 Å². The molecule has 0 aliphatic carbocycles. The first-order chi connectivity index (χ1) is 12.3. The number of morpholine rings is 1. The molecule has 1 atom stereocenters. The molecule has 2 aromatic rings. The Bertz CT molecular complexity index is 718. The van der Waals surface area contributed by atoms with Gasteiger partial charge in [0, 0.05) is 50.8 Å². The second-order valence-electron chi connectivity index (χ2n) is 6.69. The van der Waals surface area contributed by atoms with Gasteiger partial charge < -0.3 is 9.64 Å². The molecule has 2 fully saturated rings. The molecule has 0 bridgehead atoms. The van der Waals surface area contributed by atoms with E-state index in [1.54, 1.807) is 6.20 Å². The minimum absolute atomic E-state index is 0.0754. The summed E-state index contributed by atoms with van der Waals surface area (Å²) in [5, 5.41) is 0. The van der Waals surface area contributed by atoms with Gasteiger partial charge in [0.25, 0.3) is 0 Å². The van der Waals surface area contributed by atoms with E-state index in [1.165, 1.54) is 12.8 Å². The number of aryl methyl sites for hydroxylation is 1. The Kier molecular flexibility index (Phi) is 4.85. The molecule has 7 nitrogen and oxygen atoms in total. The number of anilines is 1. The first kappa shape index (κ1) is 16.4. The number of hydrogen-bond donors (Lipinski definition) is 0. The first-order valence-electron chi connectivity index (χ1n) is 8.98. The Morgan fingerprint density at radius 1 is 1.08 bits per heavy atom. The van der Waals surface area contributed by atoms with Crippen LogP contribution in [0.5, 0.6) is 0 Å². The van der Waals surface area contributed by atoms with Crippen LogP contribution in [0, 0.1) is 6.92 Å². The Labute approximate surface area is 148 Å². The Morgan fingerprint density at radius 3 is 2.76 bits per heavy atom. The molecule has 4 rings (SSSR count). The number of nitrogens with zero attached hydrogens (tertiary/aromatic N) is 6. The van der Waals surface area contributed by atoms with E-state index in [0.29, 0.717) is 6.61 Å². The third-order valence-corrected chi connectivity index (χ3v) is 4.73. The fourth-order valence-electron chi connectivity index (χ4n) is 3.40. The maximum absolute atomic E-state index is 5.88. The standard InChI is InChI=1S/C18H24N6O/c1-14-4-6-19-17(21-14)16-13-23(10-11-25-16)12-15-5-7-20-18(22-15)24-8-2-3-9-24/h4-7,16H,2-3,8-13H2,1H3/t16-/m1/s1. The molecule has 4 heterocycles. The third-order valence-electron chi connectivity index (χ3n) is 4.73. The normalized spacial score (nSPS) is 21.6. The monoisotopic (exact) mass is 340 g/mol. The molecule has 0 radical (unpaired) electrons. The van der Waals surface area contributed by atoms with Gasteiger partial charge in [-0.3, -0.25) is 4.90 Å². The van der Waals surface area contributed by atoms with E-state index in [9.17, 15) is 0 Å². The van der Waals surface area contributed by atoms with E-state index in [-0.39, 0.29) is 6.10 Å². The van der Waals surface area contributed by atoms with Gasteiger partial charge in [0.1, 0.15) is 6.10 Å². The lowest BCUT2D eigenvalue weighted by molar-refractivity contribution is -0.0376. The van der Waals surface area contributed by atoms with Gasteiger partial charge >= 0.3 is 0 Å². The topological polar surface area (TPSA) is 67.3 Å². The van der Waals surface area contributed by atoms with Crippen LogP contribution in [-0.2, 0) is 11.3 Å². The lowest BCUT2D eigenvalue weighted by Gasteiger charge is -2.32. The van der Waals surface area contributed by atoms with Crippen LogP contribution in [0.4, 0.5) is 5.95 Å². The van der Waals surface area contributed by atoms with Gasteiger partial charge in [0.05, 0.1) is 12.3 Å². The molecule has 0 aromatic carbocycles. The number of aromatic nitrogens is 4. The molecular formula is C18H24N6O. The predicted octanol–water partition coefficient (Wildman–Crippen LogP) is 1.75. The van der Waals surface area contributed by atoms with Crippen LogP contribution in [0.15, 0.2) is 24.5 Å². The minimum atomic E-state index is -0.0754. The quantitative estimate of drug-likeness (QED) is 0.840. The van der Waals surface area contributed by atoms with E-state index in [4.69, 9.17) is 9.72 Å². The average Bonchev–Trinajstić information content (AvgIpc) is 3.17. The van der Waals surface area contributed by atoms with Crippen LogP contribution < -0.4 is 4.90 Å². The SMILES string of the molecule is Cc1ccnc([C@H]2CN(Cc3ccnc(N4CCCC4)n3)CCO2)n1. The molecule has 0 unspecified atom stereocenters. The highest BCUT2D eigenvalue weighted by Gasteiger charge is 2.25. The van der Waals surface area contributed by atoms with Crippen molar-refractivity contribution in [2.45, 2.75) is 32.4 Å². The molecular weight excluding hydrogens is 316 g/mol. The molecule has 2 aliphatic heterocycles. The summed E-state index contributed by atoms with van der Waals surface area (Å²) in [4.78, 5) is 22.7. The number of hydrogen-bond acceptors (Lipinski definition) is 7. The molecule has 2 saturated heterocycles. The van der Waals surface area contributed by atoms with Gasteiger partial charge in [0.2, 0.25) is 5.95 Å². The highest BCUT2D eigenvalue weighted by molar-refractivity contribution is 5.31. The lowest BCUT2D eigenvalue weighted by Crippen LogP contribution is -2.38. The summed E-state index contributed by atoms with van der Waals surface area (Å²) < 4.78 is 5.88. The van der Waals surface area contributed by atoms with Crippen molar-refractivity contribution in [1.29, 1.82) is 0 Å². The molecule has 132 valence electrons. The highest BCUT2D eigenvalue weighted by Crippen LogP contribution is 2.21. The zero-order chi connectivity index (χ0) is 17.1. The summed E-state index contributed by atoms with van der Waals surface area (Å²) >= 11 is 0. The molecule has 0 spiro atoms. The van der Waals surface area contributed by atoms with Crippen molar-refractivity contribution in [3.05, 3.63) is 41.7 Å². The second-order valence-corrected chi connectivity index (χ2v) is 6.69. The van der Waals surface area contributed by atoms with Crippen molar-refractivity contribution >= 4 is 5.95 Å². The van der Waals surface area contributed by atoms with Crippen molar-refractivity contribution < 1.29 is 4.74 Å². The van der Waals surface area contributed by atoms with Gasteiger partial charge in [-0.2, -0.15) is 0 Å². The first-order valence-corrected chi connectivity index (χ1v) is 8.98. The molecule has 7 heteroatoms. The third kappa shape index (κ3) is 3.93. The van der Waals surface area contributed by atoms with Crippen molar-refractivity contribution in [3.8, 4) is 0 Å². The molecule has 2 aliphatic rings. The van der Waals surface area contributed by atoms with Gasteiger partial charge in [-0.05, 0) is 31.9 Å². The minimum Gasteiger partial charge on any atom is -0.368 e.